The lowest BCUT2D eigenvalue weighted by molar-refractivity contribution is 0.101. The highest BCUT2D eigenvalue weighted by atomic mass is 16.5. The Morgan fingerprint density at radius 1 is 1.41 bits per heavy atom. The molecule has 2 unspecified atom stereocenters. The van der Waals surface area contributed by atoms with Crippen molar-refractivity contribution in [3.8, 4) is 0 Å². The lowest BCUT2D eigenvalue weighted by Gasteiger charge is -2.20. The summed E-state index contributed by atoms with van der Waals surface area (Å²) in [5.41, 5.74) is 1.09. The van der Waals surface area contributed by atoms with Crippen molar-refractivity contribution < 1.29 is 4.74 Å². The number of hydrogen-bond acceptors (Lipinski definition) is 4. The Bertz CT molecular complexity index is 381. The van der Waals surface area contributed by atoms with Gasteiger partial charge in [0.25, 0.3) is 0 Å². The minimum atomic E-state index is 0.315. The van der Waals surface area contributed by atoms with Gasteiger partial charge in [0.15, 0.2) is 0 Å². The Hall–Kier alpha value is -1.16. The van der Waals surface area contributed by atoms with Crippen molar-refractivity contribution in [2.75, 3.05) is 12.4 Å². The third-order valence-electron chi connectivity index (χ3n) is 3.34. The summed E-state index contributed by atoms with van der Waals surface area (Å²) in [4.78, 5) is 8.82. The third kappa shape index (κ3) is 2.94. The van der Waals surface area contributed by atoms with E-state index in [0.29, 0.717) is 12.1 Å². The average molecular weight is 235 g/mol. The predicted molar refractivity (Wildman–Crippen MR) is 68.2 cm³/mol. The summed E-state index contributed by atoms with van der Waals surface area (Å²) in [7, 11) is 1.79. The maximum absolute atomic E-state index is 5.48. The van der Waals surface area contributed by atoms with Crippen molar-refractivity contribution >= 4 is 5.82 Å². The molecule has 2 atom stereocenters. The van der Waals surface area contributed by atoms with Gasteiger partial charge in [-0.2, -0.15) is 0 Å². The fourth-order valence-electron chi connectivity index (χ4n) is 2.45. The van der Waals surface area contributed by atoms with Crippen LogP contribution < -0.4 is 5.32 Å². The fraction of sp³-hybridized carbons (Fsp3) is 0.692. The standard InChI is InChI=1S/C13H21N3O/c1-4-10-8-13(15-9(2)14-10)16-11-6-5-7-12(11)17-3/h8,11-12H,4-7H2,1-3H3,(H,14,15,16). The molecule has 0 radical (unpaired) electrons. The van der Waals surface area contributed by atoms with Crippen LogP contribution in [0, 0.1) is 6.92 Å². The van der Waals surface area contributed by atoms with E-state index in [9.17, 15) is 0 Å². The molecular formula is C13H21N3O. The molecule has 0 spiro atoms. The summed E-state index contributed by atoms with van der Waals surface area (Å²) in [6.45, 7) is 4.05. The number of anilines is 1. The van der Waals surface area contributed by atoms with Crippen LogP contribution in [0.15, 0.2) is 6.07 Å². The Morgan fingerprint density at radius 3 is 2.94 bits per heavy atom. The molecule has 4 nitrogen and oxygen atoms in total. The molecule has 0 aliphatic heterocycles. The number of aryl methyl sites for hydroxylation is 2. The Balaban J connectivity index is 2.09. The number of hydrogen-bond donors (Lipinski definition) is 1. The SMILES string of the molecule is CCc1cc(NC2CCCC2OC)nc(C)n1. The van der Waals surface area contributed by atoms with E-state index in [1.807, 2.05) is 13.0 Å². The van der Waals surface area contributed by atoms with Gasteiger partial charge in [-0.3, -0.25) is 0 Å². The highest BCUT2D eigenvalue weighted by molar-refractivity contribution is 5.38. The smallest absolute Gasteiger partial charge is 0.130 e. The molecule has 1 aliphatic carbocycles. The number of nitrogens with one attached hydrogen (secondary N) is 1. The largest absolute Gasteiger partial charge is 0.379 e. The molecule has 1 heterocycles. The summed E-state index contributed by atoms with van der Waals surface area (Å²) in [5.74, 6) is 1.77. The fourth-order valence-corrected chi connectivity index (χ4v) is 2.45. The van der Waals surface area contributed by atoms with Crippen molar-refractivity contribution in [1.82, 2.24) is 9.97 Å². The number of ether oxygens (including phenoxy) is 1. The maximum atomic E-state index is 5.48. The van der Waals surface area contributed by atoms with E-state index in [-0.39, 0.29) is 0 Å². The molecule has 94 valence electrons. The van der Waals surface area contributed by atoms with Crippen LogP contribution in [0.25, 0.3) is 0 Å². The van der Waals surface area contributed by atoms with E-state index in [0.717, 1.165) is 36.6 Å². The number of rotatable bonds is 4. The molecule has 1 aliphatic rings. The average Bonchev–Trinajstić information content (AvgIpc) is 2.75. The number of nitrogens with zero attached hydrogens (tertiary/aromatic N) is 2. The van der Waals surface area contributed by atoms with Crippen LogP contribution in [-0.2, 0) is 11.2 Å². The number of methoxy groups -OCH3 is 1. The molecule has 1 N–H and O–H groups in total. The topological polar surface area (TPSA) is 47.0 Å². The van der Waals surface area contributed by atoms with Gasteiger partial charge in [-0.05, 0) is 32.6 Å². The van der Waals surface area contributed by atoms with Crippen molar-refractivity contribution in [3.05, 3.63) is 17.6 Å². The molecule has 2 rings (SSSR count). The molecule has 1 fully saturated rings. The Kier molecular flexibility index (Phi) is 3.94. The van der Waals surface area contributed by atoms with Gasteiger partial charge in [0.2, 0.25) is 0 Å². The Morgan fingerprint density at radius 2 is 2.24 bits per heavy atom. The molecule has 0 bridgehead atoms. The lowest BCUT2D eigenvalue weighted by atomic mass is 10.2. The third-order valence-corrected chi connectivity index (χ3v) is 3.34. The molecule has 1 saturated carbocycles. The first-order valence-electron chi connectivity index (χ1n) is 6.36. The molecule has 0 aromatic carbocycles. The summed E-state index contributed by atoms with van der Waals surface area (Å²) in [5, 5.41) is 3.48. The van der Waals surface area contributed by atoms with Crippen LogP contribution >= 0.6 is 0 Å². The van der Waals surface area contributed by atoms with E-state index in [4.69, 9.17) is 4.74 Å². The molecule has 0 amide bonds. The second-order valence-electron chi connectivity index (χ2n) is 4.60. The minimum Gasteiger partial charge on any atom is -0.379 e. The van der Waals surface area contributed by atoms with E-state index in [1.54, 1.807) is 7.11 Å². The second kappa shape index (κ2) is 5.45. The van der Waals surface area contributed by atoms with E-state index < -0.39 is 0 Å². The molecular weight excluding hydrogens is 214 g/mol. The zero-order valence-electron chi connectivity index (χ0n) is 10.9. The maximum Gasteiger partial charge on any atom is 0.130 e. The van der Waals surface area contributed by atoms with Gasteiger partial charge < -0.3 is 10.1 Å². The summed E-state index contributed by atoms with van der Waals surface area (Å²) < 4.78 is 5.48. The van der Waals surface area contributed by atoms with Gasteiger partial charge in [0.05, 0.1) is 12.1 Å². The monoisotopic (exact) mass is 235 g/mol. The Labute approximate surface area is 103 Å². The van der Waals surface area contributed by atoms with E-state index in [1.165, 1.54) is 6.42 Å². The van der Waals surface area contributed by atoms with Crippen molar-refractivity contribution in [2.45, 2.75) is 51.7 Å². The molecule has 17 heavy (non-hydrogen) atoms. The quantitative estimate of drug-likeness (QED) is 0.870. The normalized spacial score (nSPS) is 23.9. The lowest BCUT2D eigenvalue weighted by Crippen LogP contribution is -2.30. The predicted octanol–water partition coefficient (Wildman–Crippen LogP) is 2.33. The first-order valence-corrected chi connectivity index (χ1v) is 6.36. The first kappa shape index (κ1) is 12.3. The van der Waals surface area contributed by atoms with E-state index in [2.05, 4.69) is 22.2 Å². The zero-order valence-corrected chi connectivity index (χ0v) is 10.9. The van der Waals surface area contributed by atoms with Crippen molar-refractivity contribution in [2.24, 2.45) is 0 Å². The molecule has 1 aromatic rings. The first-order chi connectivity index (χ1) is 8.22. The van der Waals surface area contributed by atoms with Crippen LogP contribution in [0.3, 0.4) is 0 Å². The van der Waals surface area contributed by atoms with Crippen LogP contribution in [0.4, 0.5) is 5.82 Å². The summed E-state index contributed by atoms with van der Waals surface area (Å²) >= 11 is 0. The van der Waals surface area contributed by atoms with Gasteiger partial charge >= 0.3 is 0 Å². The molecule has 0 saturated heterocycles. The van der Waals surface area contributed by atoms with Crippen molar-refractivity contribution in [1.29, 1.82) is 0 Å². The van der Waals surface area contributed by atoms with Gasteiger partial charge in [-0.1, -0.05) is 6.92 Å². The highest BCUT2D eigenvalue weighted by Gasteiger charge is 2.27. The minimum absolute atomic E-state index is 0.315. The van der Waals surface area contributed by atoms with Gasteiger partial charge in [0.1, 0.15) is 11.6 Å². The summed E-state index contributed by atoms with van der Waals surface area (Å²) in [6.07, 6.45) is 4.77. The van der Waals surface area contributed by atoms with Crippen LogP contribution in [0.1, 0.15) is 37.7 Å². The second-order valence-corrected chi connectivity index (χ2v) is 4.60. The van der Waals surface area contributed by atoms with Gasteiger partial charge in [-0.15, -0.1) is 0 Å². The number of aromatic nitrogens is 2. The zero-order chi connectivity index (χ0) is 12.3. The van der Waals surface area contributed by atoms with Crippen LogP contribution in [0.5, 0.6) is 0 Å². The van der Waals surface area contributed by atoms with Crippen molar-refractivity contribution in [3.63, 3.8) is 0 Å². The highest BCUT2D eigenvalue weighted by Crippen LogP contribution is 2.24. The van der Waals surface area contributed by atoms with Gasteiger partial charge in [-0.25, -0.2) is 9.97 Å². The van der Waals surface area contributed by atoms with Gasteiger partial charge in [0, 0.05) is 18.9 Å². The summed E-state index contributed by atoms with van der Waals surface area (Å²) in [6, 6.07) is 2.43. The van der Waals surface area contributed by atoms with Crippen LogP contribution in [-0.4, -0.2) is 29.2 Å². The van der Waals surface area contributed by atoms with Crippen LogP contribution in [0.2, 0.25) is 0 Å². The molecule has 1 aromatic heterocycles. The molecule has 4 heteroatoms. The van der Waals surface area contributed by atoms with E-state index >= 15 is 0 Å².